The SMILES string of the molecule is CCCCCC(C(=C=[N+]=[N-])CCCC)=C(c1ccc(CCCC)cc1)c1ccc(CCCCC)cc1.[CH2-]CCCCCC.[CH2-]CCCCCC.[Ni+2]. The summed E-state index contributed by atoms with van der Waals surface area (Å²) in [5.41, 5.74) is 18.4. The molecule has 0 aliphatic rings. The maximum Gasteiger partial charge on any atom is 2.00 e. The second-order valence-corrected chi connectivity index (χ2v) is 13.9. The average molecular weight is 742 g/mol. The summed E-state index contributed by atoms with van der Waals surface area (Å²) in [5, 5.41) is 0. The number of allylic oxidation sites excluding steroid dienone is 2. The molecule has 0 N–H and O–H groups in total. The van der Waals surface area contributed by atoms with Gasteiger partial charge in [-0.3, -0.25) is 0 Å². The van der Waals surface area contributed by atoms with Crippen LogP contribution in [0.5, 0.6) is 0 Å². The first-order chi connectivity index (χ1) is 24.5. The minimum atomic E-state index is 0. The van der Waals surface area contributed by atoms with Gasteiger partial charge in [0.1, 0.15) is 0 Å². The summed E-state index contributed by atoms with van der Waals surface area (Å²) in [6, 6.07) is 18.4. The molecule has 0 saturated carbocycles. The molecule has 2 nitrogen and oxygen atoms in total. The van der Waals surface area contributed by atoms with Crippen LogP contribution < -0.4 is 0 Å². The van der Waals surface area contributed by atoms with E-state index in [1.54, 1.807) is 0 Å². The van der Waals surface area contributed by atoms with Gasteiger partial charge in [0, 0.05) is 0 Å². The maximum absolute atomic E-state index is 9.51. The van der Waals surface area contributed by atoms with E-state index in [0.29, 0.717) is 0 Å². The number of unbranched alkanes of at least 4 members (excludes halogenated alkanes) is 14. The second kappa shape index (κ2) is 37.6. The molecule has 290 valence electrons. The summed E-state index contributed by atoms with van der Waals surface area (Å²) in [4.78, 5) is 3.39. The van der Waals surface area contributed by atoms with E-state index in [-0.39, 0.29) is 16.5 Å². The fourth-order valence-electron chi connectivity index (χ4n) is 6.03. The molecule has 2 rings (SSSR count). The smallest absolute Gasteiger partial charge is 0.348 e. The zero-order valence-corrected chi connectivity index (χ0v) is 35.2. The average Bonchev–Trinajstić information content (AvgIpc) is 3.14. The molecule has 3 heteroatoms. The standard InChI is InChI=1S/C34H48N2.2C7H15.Ni/c1-5-9-13-16-29-21-25-31(26-22-29)34(30-23-19-28(20-24-30)15-11-7-3)33(18-14-10-6-2)32(27-36-35)17-12-8-4;2*1-3-5-7-6-4-2;/h19-26H,5-18H2,1-4H3;2*1,3-7H2,2H3;/q;2*-1;+2. The Morgan fingerprint density at radius 3 is 1.33 bits per heavy atom. The molecule has 0 atom stereocenters. The van der Waals surface area contributed by atoms with Gasteiger partial charge < -0.3 is 19.4 Å². The minimum Gasteiger partial charge on any atom is -0.348 e. The van der Waals surface area contributed by atoms with Crippen molar-refractivity contribution < 1.29 is 21.3 Å². The molecule has 0 unspecified atom stereocenters. The predicted octanol–water partition coefficient (Wildman–Crippen LogP) is 15.7. The Bertz CT molecular complexity index is 1150. The number of hydrogen-bond acceptors (Lipinski definition) is 0. The van der Waals surface area contributed by atoms with E-state index >= 15 is 0 Å². The van der Waals surface area contributed by atoms with Crippen LogP contribution in [0.15, 0.2) is 59.7 Å². The van der Waals surface area contributed by atoms with E-state index < -0.39 is 0 Å². The number of nitrogens with zero attached hydrogens (tertiary/aromatic N) is 2. The Morgan fingerprint density at radius 1 is 0.510 bits per heavy atom. The van der Waals surface area contributed by atoms with Gasteiger partial charge in [-0.05, 0) is 84.8 Å². The van der Waals surface area contributed by atoms with E-state index in [0.717, 1.165) is 63.4 Å². The summed E-state index contributed by atoms with van der Waals surface area (Å²) in [5.74, 6) is 2.99. The van der Waals surface area contributed by atoms with Crippen molar-refractivity contribution in [2.45, 2.75) is 196 Å². The van der Waals surface area contributed by atoms with E-state index in [1.807, 2.05) is 0 Å². The minimum absolute atomic E-state index is 0. The molecule has 0 saturated heterocycles. The molecule has 0 heterocycles. The zero-order chi connectivity index (χ0) is 37.1. The fraction of sp³-hybridized carbons (Fsp3) is 0.625. The molecule has 0 amide bonds. The molecular formula is C48H78N2Ni. The second-order valence-electron chi connectivity index (χ2n) is 13.9. The van der Waals surface area contributed by atoms with Crippen LogP contribution in [0.1, 0.15) is 205 Å². The van der Waals surface area contributed by atoms with Gasteiger partial charge in [-0.2, -0.15) is 12.8 Å². The van der Waals surface area contributed by atoms with E-state index in [2.05, 4.69) is 115 Å². The van der Waals surface area contributed by atoms with Crippen LogP contribution in [0.3, 0.4) is 0 Å². The summed E-state index contributed by atoms with van der Waals surface area (Å²) in [6.45, 7) is 20.9. The summed E-state index contributed by atoms with van der Waals surface area (Å²) in [6.07, 6.45) is 29.1. The van der Waals surface area contributed by atoms with Crippen LogP contribution >= 0.6 is 0 Å². The van der Waals surface area contributed by atoms with Crippen LogP contribution in [-0.2, 0) is 29.3 Å². The van der Waals surface area contributed by atoms with Gasteiger partial charge in [0.05, 0.1) is 5.57 Å². The Morgan fingerprint density at radius 2 is 0.922 bits per heavy atom. The Labute approximate surface area is 328 Å². The molecule has 2 aromatic carbocycles. The Kier molecular flexibility index (Phi) is 37.5. The van der Waals surface area contributed by atoms with Crippen molar-refractivity contribution in [2.24, 2.45) is 0 Å². The van der Waals surface area contributed by atoms with Crippen molar-refractivity contribution in [3.05, 3.63) is 101 Å². The van der Waals surface area contributed by atoms with Gasteiger partial charge >= 0.3 is 22.4 Å². The molecule has 0 radical (unpaired) electrons. The third-order valence-corrected chi connectivity index (χ3v) is 9.24. The fourth-order valence-corrected chi connectivity index (χ4v) is 6.03. The van der Waals surface area contributed by atoms with Crippen molar-refractivity contribution >= 4 is 11.4 Å². The number of hydrogen-bond donors (Lipinski definition) is 0. The van der Waals surface area contributed by atoms with Gasteiger partial charge in [0.25, 0.3) is 0 Å². The number of rotatable bonds is 25. The van der Waals surface area contributed by atoms with Gasteiger partial charge in [-0.25, -0.2) is 0 Å². The van der Waals surface area contributed by atoms with Gasteiger partial charge in [0.2, 0.25) is 0 Å². The van der Waals surface area contributed by atoms with Crippen molar-refractivity contribution in [1.29, 1.82) is 0 Å². The zero-order valence-electron chi connectivity index (χ0n) is 34.2. The van der Waals surface area contributed by atoms with E-state index in [1.165, 1.54) is 130 Å². The van der Waals surface area contributed by atoms with E-state index in [4.69, 9.17) is 0 Å². The Hall–Kier alpha value is -2.17. The first-order valence-corrected chi connectivity index (χ1v) is 21.0. The van der Waals surface area contributed by atoms with Crippen molar-refractivity contribution in [3.8, 4) is 0 Å². The van der Waals surface area contributed by atoms with Gasteiger partial charge in [-0.15, -0.1) is 4.79 Å². The van der Waals surface area contributed by atoms with Gasteiger partial charge in [0.15, 0.2) is 0 Å². The summed E-state index contributed by atoms with van der Waals surface area (Å²) in [7, 11) is 0. The molecule has 0 fully saturated rings. The normalized spacial score (nSPS) is 10.7. The molecule has 2 aromatic rings. The largest absolute Gasteiger partial charge is 2.00 e. The summed E-state index contributed by atoms with van der Waals surface area (Å²) < 4.78 is 0. The molecule has 0 bridgehead atoms. The maximum atomic E-state index is 9.51. The van der Waals surface area contributed by atoms with Crippen LogP contribution in [0, 0.1) is 13.8 Å². The number of aryl methyl sites for hydroxylation is 2. The molecule has 0 aliphatic carbocycles. The quantitative estimate of drug-likeness (QED) is 0.0185. The Balaban J connectivity index is 0. The van der Waals surface area contributed by atoms with Gasteiger partial charge in [-0.1, -0.05) is 180 Å². The first-order valence-electron chi connectivity index (χ1n) is 21.0. The third-order valence-electron chi connectivity index (χ3n) is 9.24. The van der Waals surface area contributed by atoms with Crippen LogP contribution in [0.2, 0.25) is 0 Å². The van der Waals surface area contributed by atoms with Crippen molar-refractivity contribution in [2.75, 3.05) is 0 Å². The number of benzene rings is 2. The van der Waals surface area contributed by atoms with Crippen LogP contribution in [-0.4, -0.2) is 10.7 Å². The van der Waals surface area contributed by atoms with E-state index in [9.17, 15) is 5.53 Å². The van der Waals surface area contributed by atoms with Crippen molar-refractivity contribution in [3.63, 3.8) is 0 Å². The van der Waals surface area contributed by atoms with Crippen LogP contribution in [0.4, 0.5) is 0 Å². The molecule has 51 heavy (non-hydrogen) atoms. The molecular weight excluding hydrogens is 663 g/mol. The monoisotopic (exact) mass is 741 g/mol. The first kappa shape index (κ1) is 50.9. The molecule has 0 aliphatic heterocycles. The molecule has 0 aromatic heterocycles. The van der Waals surface area contributed by atoms with Crippen molar-refractivity contribution in [1.82, 2.24) is 0 Å². The topological polar surface area (TPSA) is 36.4 Å². The third kappa shape index (κ3) is 25.5. The van der Waals surface area contributed by atoms with Crippen LogP contribution in [0.25, 0.3) is 11.1 Å². The summed E-state index contributed by atoms with van der Waals surface area (Å²) >= 11 is 0. The molecule has 0 spiro atoms. The predicted molar refractivity (Wildman–Crippen MR) is 225 cm³/mol.